The van der Waals surface area contributed by atoms with Crippen LogP contribution in [0.3, 0.4) is 0 Å². The van der Waals surface area contributed by atoms with Crippen LogP contribution in [0.2, 0.25) is 0 Å². The fourth-order valence-corrected chi connectivity index (χ4v) is 1.47. The summed E-state index contributed by atoms with van der Waals surface area (Å²) in [5.41, 5.74) is 2.19. The molecule has 0 aliphatic carbocycles. The molecule has 0 aliphatic heterocycles. The third-order valence-electron chi connectivity index (χ3n) is 2.05. The van der Waals surface area contributed by atoms with Gasteiger partial charge in [0.15, 0.2) is 0 Å². The molecule has 1 aromatic carbocycles. The van der Waals surface area contributed by atoms with Gasteiger partial charge in [-0.15, -0.1) is 0 Å². The molecule has 0 N–H and O–H groups in total. The summed E-state index contributed by atoms with van der Waals surface area (Å²) in [5.74, 6) is 0.474. The molecule has 1 rings (SSSR count). The van der Waals surface area contributed by atoms with Crippen LogP contribution in [0.1, 0.15) is 19.4 Å². The molecule has 4 heteroatoms. The summed E-state index contributed by atoms with van der Waals surface area (Å²) in [6, 6.07) is 7.44. The molecule has 0 amide bonds. The Morgan fingerprint density at radius 1 is 1.44 bits per heavy atom. The SMILES string of the molecule is CC(C)Oc1cccc(CC(=O)OC/C=C/Cl)c1. The Hall–Kier alpha value is -1.48. The molecule has 0 radical (unpaired) electrons. The molecular formula is C14H17ClO3. The van der Waals surface area contributed by atoms with Crippen LogP contribution in [0.25, 0.3) is 0 Å². The number of hydrogen-bond donors (Lipinski definition) is 0. The molecule has 0 aliphatic rings. The molecule has 0 saturated carbocycles. The lowest BCUT2D eigenvalue weighted by atomic mass is 10.1. The molecule has 0 fully saturated rings. The lowest BCUT2D eigenvalue weighted by Crippen LogP contribution is -2.09. The molecule has 98 valence electrons. The Bertz CT molecular complexity index is 413. The molecule has 0 heterocycles. The fraction of sp³-hybridized carbons (Fsp3) is 0.357. The molecule has 0 atom stereocenters. The monoisotopic (exact) mass is 268 g/mol. The van der Waals surface area contributed by atoms with Crippen LogP contribution in [0.15, 0.2) is 35.9 Å². The zero-order chi connectivity index (χ0) is 13.4. The van der Waals surface area contributed by atoms with E-state index in [1.807, 2.05) is 38.1 Å². The zero-order valence-corrected chi connectivity index (χ0v) is 11.3. The first-order valence-corrected chi connectivity index (χ1v) is 6.22. The van der Waals surface area contributed by atoms with Crippen molar-refractivity contribution in [3.8, 4) is 5.75 Å². The number of benzene rings is 1. The first-order valence-electron chi connectivity index (χ1n) is 5.78. The smallest absolute Gasteiger partial charge is 0.310 e. The van der Waals surface area contributed by atoms with Gasteiger partial charge in [0.2, 0.25) is 0 Å². The Kier molecular flexibility index (Phi) is 6.29. The largest absolute Gasteiger partial charge is 0.491 e. The minimum Gasteiger partial charge on any atom is -0.491 e. The fourth-order valence-electron chi connectivity index (χ4n) is 1.40. The molecule has 0 unspecified atom stereocenters. The molecule has 18 heavy (non-hydrogen) atoms. The van der Waals surface area contributed by atoms with E-state index >= 15 is 0 Å². The highest BCUT2D eigenvalue weighted by Crippen LogP contribution is 2.15. The quantitative estimate of drug-likeness (QED) is 0.743. The van der Waals surface area contributed by atoms with Gasteiger partial charge in [0.25, 0.3) is 0 Å². The molecular weight excluding hydrogens is 252 g/mol. The highest BCUT2D eigenvalue weighted by Gasteiger charge is 2.05. The van der Waals surface area contributed by atoms with Gasteiger partial charge in [-0.2, -0.15) is 0 Å². The molecule has 0 bridgehead atoms. The Morgan fingerprint density at radius 3 is 2.89 bits per heavy atom. The second-order valence-electron chi connectivity index (χ2n) is 4.04. The average molecular weight is 269 g/mol. The summed E-state index contributed by atoms with van der Waals surface area (Å²) < 4.78 is 10.5. The first kappa shape index (κ1) is 14.6. The van der Waals surface area contributed by atoms with Crippen LogP contribution < -0.4 is 4.74 Å². The second kappa shape index (κ2) is 7.77. The maximum atomic E-state index is 11.5. The van der Waals surface area contributed by atoms with Gasteiger partial charge in [0.1, 0.15) is 12.4 Å². The summed E-state index contributed by atoms with van der Waals surface area (Å²) in [7, 11) is 0. The van der Waals surface area contributed by atoms with E-state index in [9.17, 15) is 4.79 Å². The number of halogens is 1. The van der Waals surface area contributed by atoms with E-state index in [0.29, 0.717) is 0 Å². The van der Waals surface area contributed by atoms with Crippen molar-refractivity contribution >= 4 is 17.6 Å². The van der Waals surface area contributed by atoms with Crippen LogP contribution in [-0.4, -0.2) is 18.7 Å². The third-order valence-corrected chi connectivity index (χ3v) is 2.23. The van der Waals surface area contributed by atoms with Crippen LogP contribution in [0, 0.1) is 0 Å². The molecule has 0 saturated heterocycles. The van der Waals surface area contributed by atoms with Crippen molar-refractivity contribution in [1.82, 2.24) is 0 Å². The molecule has 0 spiro atoms. The van der Waals surface area contributed by atoms with Crippen molar-refractivity contribution in [2.45, 2.75) is 26.4 Å². The molecule has 0 aromatic heterocycles. The lowest BCUT2D eigenvalue weighted by Gasteiger charge is -2.10. The average Bonchev–Trinajstić information content (AvgIpc) is 2.28. The normalized spacial score (nSPS) is 10.9. The lowest BCUT2D eigenvalue weighted by molar-refractivity contribution is -0.141. The van der Waals surface area contributed by atoms with Gasteiger partial charge < -0.3 is 9.47 Å². The predicted molar refractivity (Wildman–Crippen MR) is 71.9 cm³/mol. The van der Waals surface area contributed by atoms with Gasteiger partial charge in [-0.1, -0.05) is 23.7 Å². The van der Waals surface area contributed by atoms with Crippen molar-refractivity contribution in [3.05, 3.63) is 41.4 Å². The molecule has 1 aromatic rings. The van der Waals surface area contributed by atoms with Crippen molar-refractivity contribution in [2.75, 3.05) is 6.61 Å². The van der Waals surface area contributed by atoms with Crippen LogP contribution in [0.4, 0.5) is 0 Å². The summed E-state index contributed by atoms with van der Waals surface area (Å²) >= 11 is 5.33. The number of rotatable bonds is 6. The molecule has 3 nitrogen and oxygen atoms in total. The van der Waals surface area contributed by atoms with E-state index in [1.54, 1.807) is 6.08 Å². The third kappa shape index (κ3) is 5.73. The number of esters is 1. The highest BCUT2D eigenvalue weighted by molar-refractivity contribution is 6.25. The van der Waals surface area contributed by atoms with E-state index in [0.717, 1.165) is 11.3 Å². The van der Waals surface area contributed by atoms with Crippen molar-refractivity contribution in [2.24, 2.45) is 0 Å². The maximum absolute atomic E-state index is 11.5. The van der Waals surface area contributed by atoms with E-state index < -0.39 is 0 Å². The van der Waals surface area contributed by atoms with Gasteiger partial charge in [-0.25, -0.2) is 0 Å². The Morgan fingerprint density at radius 2 is 2.22 bits per heavy atom. The van der Waals surface area contributed by atoms with E-state index in [2.05, 4.69) is 0 Å². The number of carbonyl (C=O) groups excluding carboxylic acids is 1. The topological polar surface area (TPSA) is 35.5 Å². The predicted octanol–water partition coefficient (Wildman–Crippen LogP) is 3.31. The zero-order valence-electron chi connectivity index (χ0n) is 10.6. The summed E-state index contributed by atoms with van der Waals surface area (Å²) in [4.78, 5) is 11.5. The van der Waals surface area contributed by atoms with E-state index in [1.165, 1.54) is 5.54 Å². The van der Waals surface area contributed by atoms with Gasteiger partial charge in [-0.05, 0) is 37.6 Å². The minimum atomic E-state index is -0.286. The van der Waals surface area contributed by atoms with Crippen molar-refractivity contribution < 1.29 is 14.3 Å². The van der Waals surface area contributed by atoms with Gasteiger partial charge in [0.05, 0.1) is 12.5 Å². The van der Waals surface area contributed by atoms with Crippen LogP contribution in [-0.2, 0) is 16.0 Å². The van der Waals surface area contributed by atoms with Crippen molar-refractivity contribution in [1.29, 1.82) is 0 Å². The van der Waals surface area contributed by atoms with Crippen molar-refractivity contribution in [3.63, 3.8) is 0 Å². The number of hydrogen-bond acceptors (Lipinski definition) is 3. The Labute approximate surface area is 112 Å². The number of carbonyl (C=O) groups is 1. The first-order chi connectivity index (χ1) is 8.61. The summed E-state index contributed by atoms with van der Waals surface area (Å²) in [5, 5.41) is 0. The number of ether oxygens (including phenoxy) is 2. The Balaban J connectivity index is 2.53. The minimum absolute atomic E-state index is 0.112. The highest BCUT2D eigenvalue weighted by atomic mass is 35.5. The van der Waals surface area contributed by atoms with Gasteiger partial charge in [0, 0.05) is 5.54 Å². The summed E-state index contributed by atoms with van der Waals surface area (Å²) in [6.07, 6.45) is 1.91. The summed E-state index contributed by atoms with van der Waals surface area (Å²) in [6.45, 7) is 4.11. The second-order valence-corrected chi connectivity index (χ2v) is 4.29. The van der Waals surface area contributed by atoms with E-state index in [4.69, 9.17) is 21.1 Å². The van der Waals surface area contributed by atoms with Crippen LogP contribution in [0.5, 0.6) is 5.75 Å². The van der Waals surface area contributed by atoms with Gasteiger partial charge >= 0.3 is 5.97 Å². The van der Waals surface area contributed by atoms with E-state index in [-0.39, 0.29) is 25.1 Å². The van der Waals surface area contributed by atoms with Gasteiger partial charge in [-0.3, -0.25) is 4.79 Å². The standard InChI is InChI=1S/C14H17ClO3/c1-11(2)18-13-6-3-5-12(9-13)10-14(16)17-8-4-7-15/h3-7,9,11H,8,10H2,1-2H3/b7-4+. The maximum Gasteiger partial charge on any atom is 0.310 e. The van der Waals surface area contributed by atoms with Crippen LogP contribution >= 0.6 is 11.6 Å².